The van der Waals surface area contributed by atoms with E-state index in [0.29, 0.717) is 5.69 Å². The summed E-state index contributed by atoms with van der Waals surface area (Å²) >= 11 is 0. The molecular formula is C15H17FN2O2S. The number of sulfonamides is 1. The highest BCUT2D eigenvalue weighted by atomic mass is 32.2. The van der Waals surface area contributed by atoms with Crippen molar-refractivity contribution in [1.82, 2.24) is 0 Å². The van der Waals surface area contributed by atoms with Gasteiger partial charge in [-0.25, -0.2) is 12.8 Å². The Morgan fingerprint density at radius 3 is 2.57 bits per heavy atom. The van der Waals surface area contributed by atoms with E-state index < -0.39 is 15.8 Å². The summed E-state index contributed by atoms with van der Waals surface area (Å²) in [7, 11) is -3.79. The lowest BCUT2D eigenvalue weighted by Crippen LogP contribution is -2.14. The molecule has 0 aromatic heterocycles. The van der Waals surface area contributed by atoms with E-state index in [1.165, 1.54) is 6.07 Å². The molecule has 0 atom stereocenters. The second-order valence-electron chi connectivity index (χ2n) is 4.70. The second-order valence-corrected chi connectivity index (χ2v) is 6.38. The third-order valence-electron chi connectivity index (χ3n) is 3.06. The highest BCUT2D eigenvalue weighted by Crippen LogP contribution is 2.23. The Morgan fingerprint density at radius 1 is 1.19 bits per heavy atom. The van der Waals surface area contributed by atoms with Gasteiger partial charge in [0.15, 0.2) is 0 Å². The molecule has 0 aliphatic carbocycles. The quantitative estimate of drug-likeness (QED) is 0.833. The number of anilines is 2. The summed E-state index contributed by atoms with van der Waals surface area (Å²) in [6.45, 7) is 2.02. The molecule has 0 spiro atoms. The Balaban J connectivity index is 2.35. The third kappa shape index (κ3) is 3.52. The summed E-state index contributed by atoms with van der Waals surface area (Å²) < 4.78 is 40.3. The van der Waals surface area contributed by atoms with Crippen LogP contribution < -0.4 is 10.5 Å². The van der Waals surface area contributed by atoms with Crippen molar-refractivity contribution in [3.63, 3.8) is 0 Å². The highest BCUT2D eigenvalue weighted by Gasteiger charge is 2.17. The van der Waals surface area contributed by atoms with Crippen LogP contribution in [0.2, 0.25) is 0 Å². The van der Waals surface area contributed by atoms with Crippen LogP contribution in [0.3, 0.4) is 0 Å². The van der Waals surface area contributed by atoms with E-state index in [4.69, 9.17) is 5.73 Å². The largest absolute Gasteiger partial charge is 0.396 e. The molecule has 0 radical (unpaired) electrons. The summed E-state index contributed by atoms with van der Waals surface area (Å²) in [5.74, 6) is -0.639. The topological polar surface area (TPSA) is 72.2 Å². The highest BCUT2D eigenvalue weighted by molar-refractivity contribution is 7.92. The van der Waals surface area contributed by atoms with Crippen LogP contribution in [0.15, 0.2) is 47.4 Å². The van der Waals surface area contributed by atoms with Gasteiger partial charge in [0.25, 0.3) is 10.0 Å². The molecule has 2 aromatic carbocycles. The molecule has 6 heteroatoms. The zero-order chi connectivity index (χ0) is 15.5. The predicted octanol–water partition coefficient (Wildman–Crippen LogP) is 3.16. The molecular weight excluding hydrogens is 291 g/mol. The molecule has 0 amide bonds. The van der Waals surface area contributed by atoms with Gasteiger partial charge < -0.3 is 5.73 Å². The minimum Gasteiger partial charge on any atom is -0.396 e. The third-order valence-corrected chi connectivity index (χ3v) is 4.42. The van der Waals surface area contributed by atoms with Crippen molar-refractivity contribution < 1.29 is 12.8 Å². The molecule has 0 fully saturated rings. The minimum atomic E-state index is -3.79. The smallest absolute Gasteiger partial charge is 0.261 e. The molecule has 4 nitrogen and oxygen atoms in total. The molecule has 112 valence electrons. The minimum absolute atomic E-state index is 0.0623. The van der Waals surface area contributed by atoms with Gasteiger partial charge in [-0.3, -0.25) is 4.72 Å². The van der Waals surface area contributed by atoms with Crippen molar-refractivity contribution in [3.05, 3.63) is 53.8 Å². The van der Waals surface area contributed by atoms with E-state index in [2.05, 4.69) is 4.72 Å². The maximum Gasteiger partial charge on any atom is 0.261 e. The second kappa shape index (κ2) is 6.13. The Hall–Kier alpha value is -2.08. The maximum atomic E-state index is 13.1. The van der Waals surface area contributed by atoms with Gasteiger partial charge in [-0.15, -0.1) is 0 Å². The van der Waals surface area contributed by atoms with Crippen molar-refractivity contribution in [2.24, 2.45) is 0 Å². The van der Waals surface area contributed by atoms with Gasteiger partial charge >= 0.3 is 0 Å². The SMILES string of the molecule is CCCc1ccccc1NS(=O)(=O)c1ccc(F)c(N)c1. The van der Waals surface area contributed by atoms with Crippen molar-refractivity contribution in [2.75, 3.05) is 10.5 Å². The van der Waals surface area contributed by atoms with Crippen molar-refractivity contribution in [3.8, 4) is 0 Å². The number of hydrogen-bond donors (Lipinski definition) is 2. The van der Waals surface area contributed by atoms with Gasteiger partial charge in [0.2, 0.25) is 0 Å². The van der Waals surface area contributed by atoms with Crippen LogP contribution in [0.4, 0.5) is 15.8 Å². The number of halogens is 1. The van der Waals surface area contributed by atoms with E-state index in [1.807, 2.05) is 19.1 Å². The fourth-order valence-corrected chi connectivity index (χ4v) is 3.14. The average molecular weight is 308 g/mol. The summed E-state index contributed by atoms with van der Waals surface area (Å²) in [6, 6.07) is 10.5. The van der Waals surface area contributed by atoms with Gasteiger partial charge in [-0.1, -0.05) is 31.5 Å². The molecule has 2 rings (SSSR count). The van der Waals surface area contributed by atoms with Crippen LogP contribution in [0.25, 0.3) is 0 Å². The standard InChI is InChI=1S/C15H17FN2O2S/c1-2-5-11-6-3-4-7-15(11)18-21(19,20)12-8-9-13(16)14(17)10-12/h3-4,6-10,18H,2,5,17H2,1H3. The fourth-order valence-electron chi connectivity index (χ4n) is 2.00. The Kier molecular flexibility index (Phi) is 4.47. The Labute approximate surface area is 123 Å². The molecule has 0 aliphatic rings. The molecule has 0 saturated carbocycles. The first kappa shape index (κ1) is 15.3. The number of hydrogen-bond acceptors (Lipinski definition) is 3. The Bertz CT molecular complexity index is 745. The number of benzene rings is 2. The molecule has 3 N–H and O–H groups in total. The lowest BCUT2D eigenvalue weighted by Gasteiger charge is -2.12. The van der Waals surface area contributed by atoms with E-state index in [1.54, 1.807) is 12.1 Å². The lowest BCUT2D eigenvalue weighted by molar-refractivity contribution is 0.600. The van der Waals surface area contributed by atoms with Crippen molar-refractivity contribution >= 4 is 21.4 Å². The van der Waals surface area contributed by atoms with Gasteiger partial charge in [-0.2, -0.15) is 0 Å². The maximum absolute atomic E-state index is 13.1. The monoisotopic (exact) mass is 308 g/mol. The van der Waals surface area contributed by atoms with E-state index in [9.17, 15) is 12.8 Å². The average Bonchev–Trinajstić information content (AvgIpc) is 2.44. The number of nitrogen functional groups attached to an aromatic ring is 1. The molecule has 21 heavy (non-hydrogen) atoms. The lowest BCUT2D eigenvalue weighted by atomic mass is 10.1. The summed E-state index contributed by atoms with van der Waals surface area (Å²) in [5, 5.41) is 0. The summed E-state index contributed by atoms with van der Waals surface area (Å²) in [5.41, 5.74) is 6.67. The molecule has 0 saturated heterocycles. The molecule has 0 aliphatic heterocycles. The number of nitrogens with two attached hydrogens (primary N) is 1. The number of nitrogens with one attached hydrogen (secondary N) is 1. The zero-order valence-corrected chi connectivity index (χ0v) is 12.5. The van der Waals surface area contributed by atoms with E-state index in [0.717, 1.165) is 30.5 Å². The van der Waals surface area contributed by atoms with Crippen LogP contribution in [0.1, 0.15) is 18.9 Å². The fraction of sp³-hybridized carbons (Fsp3) is 0.200. The molecule has 0 unspecified atom stereocenters. The number of para-hydroxylation sites is 1. The first-order valence-corrected chi connectivity index (χ1v) is 8.08. The van der Waals surface area contributed by atoms with Crippen LogP contribution >= 0.6 is 0 Å². The first-order valence-electron chi connectivity index (χ1n) is 6.60. The van der Waals surface area contributed by atoms with Crippen molar-refractivity contribution in [1.29, 1.82) is 0 Å². The van der Waals surface area contributed by atoms with Gasteiger partial charge in [0, 0.05) is 0 Å². The van der Waals surface area contributed by atoms with Gasteiger partial charge in [0.1, 0.15) is 5.82 Å². The van der Waals surface area contributed by atoms with E-state index in [-0.39, 0.29) is 10.6 Å². The van der Waals surface area contributed by atoms with Gasteiger partial charge in [0.05, 0.1) is 16.3 Å². The van der Waals surface area contributed by atoms with Crippen molar-refractivity contribution in [2.45, 2.75) is 24.7 Å². The number of rotatable bonds is 5. The normalized spacial score (nSPS) is 11.3. The van der Waals surface area contributed by atoms with Gasteiger partial charge in [-0.05, 0) is 36.2 Å². The predicted molar refractivity (Wildman–Crippen MR) is 82.1 cm³/mol. The Morgan fingerprint density at radius 2 is 1.90 bits per heavy atom. The van der Waals surface area contributed by atoms with E-state index >= 15 is 0 Å². The van der Waals surface area contributed by atoms with Crippen LogP contribution in [-0.4, -0.2) is 8.42 Å². The van der Waals surface area contributed by atoms with Crippen LogP contribution in [0.5, 0.6) is 0 Å². The molecule has 2 aromatic rings. The van der Waals surface area contributed by atoms with Crippen LogP contribution in [-0.2, 0) is 16.4 Å². The van der Waals surface area contributed by atoms with Crippen LogP contribution in [0, 0.1) is 5.82 Å². The summed E-state index contributed by atoms with van der Waals surface area (Å²) in [4.78, 5) is -0.0623. The number of aryl methyl sites for hydroxylation is 1. The molecule has 0 bridgehead atoms. The summed E-state index contributed by atoms with van der Waals surface area (Å²) in [6.07, 6.45) is 1.67. The zero-order valence-electron chi connectivity index (χ0n) is 11.6. The first-order chi connectivity index (χ1) is 9.94. The molecule has 0 heterocycles.